The van der Waals surface area contributed by atoms with Gasteiger partial charge in [-0.05, 0) is 25.2 Å². The van der Waals surface area contributed by atoms with Crippen LogP contribution in [0.4, 0.5) is 0 Å². The number of amidine groups is 1. The molecule has 0 saturated carbocycles. The van der Waals surface area contributed by atoms with E-state index >= 15 is 0 Å². The molecule has 0 aliphatic carbocycles. The summed E-state index contributed by atoms with van der Waals surface area (Å²) in [6.45, 7) is 8.53. The molecule has 104 valence electrons. The van der Waals surface area contributed by atoms with Crippen LogP contribution in [0.2, 0.25) is 0 Å². The molecule has 0 radical (unpaired) electrons. The van der Waals surface area contributed by atoms with Gasteiger partial charge in [0, 0.05) is 25.0 Å². The molecule has 0 aromatic carbocycles. The highest BCUT2D eigenvalue weighted by Gasteiger charge is 2.48. The molecule has 3 heterocycles. The number of rotatable bonds is 1. The Labute approximate surface area is 114 Å². The lowest BCUT2D eigenvalue weighted by Crippen LogP contribution is -2.73. The van der Waals surface area contributed by atoms with E-state index in [1.807, 2.05) is 18.0 Å². The van der Waals surface area contributed by atoms with Gasteiger partial charge in [0.05, 0.1) is 6.21 Å². The zero-order valence-corrected chi connectivity index (χ0v) is 11.8. The van der Waals surface area contributed by atoms with Crippen molar-refractivity contribution >= 4 is 12.1 Å². The molecule has 3 aliphatic rings. The maximum atomic E-state index is 6.62. The van der Waals surface area contributed by atoms with Gasteiger partial charge in [-0.15, -0.1) is 0 Å². The highest BCUT2D eigenvalue weighted by atomic mass is 15.7. The van der Waals surface area contributed by atoms with E-state index in [4.69, 9.17) is 5.73 Å². The molecule has 3 aliphatic heterocycles. The Morgan fingerprint density at radius 2 is 2.21 bits per heavy atom. The number of hydrazone groups is 1. The van der Waals surface area contributed by atoms with Crippen molar-refractivity contribution in [2.24, 2.45) is 21.2 Å². The van der Waals surface area contributed by atoms with Gasteiger partial charge in [0.1, 0.15) is 0 Å². The van der Waals surface area contributed by atoms with Gasteiger partial charge in [0.25, 0.3) is 0 Å². The summed E-state index contributed by atoms with van der Waals surface area (Å²) in [4.78, 5) is 8.48. The van der Waals surface area contributed by atoms with Crippen LogP contribution in [-0.4, -0.2) is 40.9 Å². The third-order valence-corrected chi connectivity index (χ3v) is 4.09. The van der Waals surface area contributed by atoms with E-state index in [1.54, 1.807) is 6.21 Å². The quantitative estimate of drug-likeness (QED) is 0.735. The van der Waals surface area contributed by atoms with Crippen LogP contribution < -0.4 is 11.2 Å². The summed E-state index contributed by atoms with van der Waals surface area (Å²) in [5, 5.41) is 4.32. The topological polar surface area (TPSA) is 69.2 Å². The first-order valence-corrected chi connectivity index (χ1v) is 6.81. The fraction of sp³-hybridized carbons (Fsp3) is 0.692. The molecule has 0 aromatic rings. The molecule has 19 heavy (non-hydrogen) atoms. The average molecular weight is 262 g/mol. The second-order valence-electron chi connectivity index (χ2n) is 6.38. The summed E-state index contributed by atoms with van der Waals surface area (Å²) in [5.74, 6) is 0.0194. The Kier molecular flexibility index (Phi) is 2.69. The number of nitrogens with one attached hydrogen (secondary N) is 1. The highest BCUT2D eigenvalue weighted by molar-refractivity contribution is 6.31. The van der Waals surface area contributed by atoms with Gasteiger partial charge in [-0.1, -0.05) is 13.8 Å². The van der Waals surface area contributed by atoms with Crippen LogP contribution >= 0.6 is 0 Å². The van der Waals surface area contributed by atoms with Gasteiger partial charge in [-0.2, -0.15) is 5.10 Å². The van der Waals surface area contributed by atoms with E-state index < -0.39 is 5.91 Å². The number of hydrogen-bond donors (Lipinski definition) is 2. The van der Waals surface area contributed by atoms with Crippen molar-refractivity contribution in [2.75, 3.05) is 13.1 Å². The number of fused-ring (bicyclic) bond motifs is 1. The van der Waals surface area contributed by atoms with E-state index in [0.717, 1.165) is 31.0 Å². The minimum Gasteiger partial charge on any atom is -0.276 e. The summed E-state index contributed by atoms with van der Waals surface area (Å²) in [5.41, 5.74) is 11.0. The number of aliphatic imine (C=N–C) groups is 1. The SMILES string of the molecule is CC1=CN=CC2=NNC(N)(N3CCCC(C)(C)C3)N12. The molecule has 0 aromatic heterocycles. The number of allylic oxidation sites excluding steroid dienone is 1. The first kappa shape index (κ1) is 12.6. The minimum atomic E-state index is -0.764. The monoisotopic (exact) mass is 262 g/mol. The average Bonchev–Trinajstić information content (AvgIpc) is 2.69. The van der Waals surface area contributed by atoms with E-state index in [9.17, 15) is 0 Å². The second-order valence-corrected chi connectivity index (χ2v) is 6.38. The molecule has 3 rings (SSSR count). The summed E-state index contributed by atoms with van der Waals surface area (Å²) in [6.07, 6.45) is 5.96. The van der Waals surface area contributed by atoms with Crippen LogP contribution in [0, 0.1) is 5.41 Å². The van der Waals surface area contributed by atoms with Gasteiger partial charge in [-0.3, -0.25) is 21.1 Å². The van der Waals surface area contributed by atoms with Crippen molar-refractivity contribution in [3.63, 3.8) is 0 Å². The molecule has 0 spiro atoms. The number of piperidine rings is 1. The fourth-order valence-corrected chi connectivity index (χ4v) is 3.15. The number of nitrogens with zero attached hydrogens (tertiary/aromatic N) is 4. The molecule has 1 fully saturated rings. The summed E-state index contributed by atoms with van der Waals surface area (Å²) in [6, 6.07) is 0. The Hall–Kier alpha value is -1.40. The Morgan fingerprint density at radius 1 is 1.42 bits per heavy atom. The molecular formula is C13H22N6. The third-order valence-electron chi connectivity index (χ3n) is 4.09. The minimum absolute atomic E-state index is 0.288. The molecule has 6 nitrogen and oxygen atoms in total. The van der Waals surface area contributed by atoms with Crippen LogP contribution in [0.5, 0.6) is 0 Å². The number of likely N-dealkylation sites (tertiary alicyclic amines) is 1. The van der Waals surface area contributed by atoms with Crippen molar-refractivity contribution < 1.29 is 0 Å². The summed E-state index contributed by atoms with van der Waals surface area (Å²) >= 11 is 0. The van der Waals surface area contributed by atoms with Crippen molar-refractivity contribution in [2.45, 2.75) is 39.5 Å². The van der Waals surface area contributed by atoms with E-state index in [2.05, 4.69) is 34.3 Å². The summed E-state index contributed by atoms with van der Waals surface area (Å²) < 4.78 is 0. The van der Waals surface area contributed by atoms with Crippen molar-refractivity contribution in [3.8, 4) is 0 Å². The zero-order valence-electron chi connectivity index (χ0n) is 11.8. The standard InChI is InChI=1S/C13H22N6/c1-10-7-15-8-11-16-17-13(14,19(10)11)18-6-4-5-12(2,3)9-18/h7-8,17H,4-6,9,14H2,1-3H3. The summed E-state index contributed by atoms with van der Waals surface area (Å²) in [7, 11) is 0. The predicted molar refractivity (Wildman–Crippen MR) is 76.2 cm³/mol. The Bertz CT molecular complexity index is 478. The zero-order chi connectivity index (χ0) is 13.7. The van der Waals surface area contributed by atoms with E-state index in [0.29, 0.717) is 0 Å². The van der Waals surface area contributed by atoms with E-state index in [1.165, 1.54) is 6.42 Å². The molecule has 1 atom stereocenters. The van der Waals surface area contributed by atoms with Crippen molar-refractivity contribution in [1.82, 2.24) is 15.2 Å². The first-order chi connectivity index (χ1) is 8.92. The molecule has 1 saturated heterocycles. The van der Waals surface area contributed by atoms with Crippen LogP contribution in [0.3, 0.4) is 0 Å². The second kappa shape index (κ2) is 4.05. The maximum absolute atomic E-state index is 6.62. The first-order valence-electron chi connectivity index (χ1n) is 6.81. The van der Waals surface area contributed by atoms with Crippen molar-refractivity contribution in [1.29, 1.82) is 0 Å². The normalized spacial score (nSPS) is 33.6. The number of hydrogen-bond acceptors (Lipinski definition) is 6. The van der Waals surface area contributed by atoms with Gasteiger partial charge in [-0.25, -0.2) is 4.90 Å². The Morgan fingerprint density at radius 3 is 2.95 bits per heavy atom. The molecule has 3 N–H and O–H groups in total. The fourth-order valence-electron chi connectivity index (χ4n) is 3.15. The lowest BCUT2D eigenvalue weighted by molar-refractivity contribution is -0.0552. The number of nitrogens with two attached hydrogens (primary N) is 1. The van der Waals surface area contributed by atoms with Crippen LogP contribution in [0.1, 0.15) is 33.6 Å². The molecule has 0 bridgehead atoms. The van der Waals surface area contributed by atoms with Crippen LogP contribution in [-0.2, 0) is 0 Å². The van der Waals surface area contributed by atoms with Crippen LogP contribution in [0.15, 0.2) is 22.0 Å². The molecular weight excluding hydrogens is 240 g/mol. The smallest absolute Gasteiger partial charge is 0.247 e. The van der Waals surface area contributed by atoms with Crippen LogP contribution in [0.25, 0.3) is 0 Å². The third kappa shape index (κ3) is 1.95. The molecule has 6 heteroatoms. The maximum Gasteiger partial charge on any atom is 0.247 e. The van der Waals surface area contributed by atoms with Crippen molar-refractivity contribution in [3.05, 3.63) is 11.9 Å². The van der Waals surface area contributed by atoms with E-state index in [-0.39, 0.29) is 5.41 Å². The van der Waals surface area contributed by atoms with Gasteiger partial charge < -0.3 is 0 Å². The predicted octanol–water partition coefficient (Wildman–Crippen LogP) is 0.843. The molecule has 1 unspecified atom stereocenters. The van der Waals surface area contributed by atoms with Gasteiger partial charge >= 0.3 is 0 Å². The lowest BCUT2D eigenvalue weighted by atomic mass is 9.84. The van der Waals surface area contributed by atoms with Gasteiger partial charge in [0.2, 0.25) is 5.91 Å². The largest absolute Gasteiger partial charge is 0.276 e. The highest BCUT2D eigenvalue weighted by Crippen LogP contribution is 2.34. The Balaban J connectivity index is 1.88. The lowest BCUT2D eigenvalue weighted by Gasteiger charge is -2.49. The molecule has 0 amide bonds. The van der Waals surface area contributed by atoms with Gasteiger partial charge in [0.15, 0.2) is 5.84 Å².